The van der Waals surface area contributed by atoms with E-state index >= 15 is 0 Å². The molecule has 9 heteroatoms. The van der Waals surface area contributed by atoms with Gasteiger partial charge >= 0.3 is 11.9 Å². The first-order chi connectivity index (χ1) is 16.0. The summed E-state index contributed by atoms with van der Waals surface area (Å²) in [5, 5.41) is 12.1. The molecule has 0 bridgehead atoms. The quantitative estimate of drug-likeness (QED) is 0.378. The van der Waals surface area contributed by atoms with Crippen molar-refractivity contribution < 1.29 is 18.8 Å². The Morgan fingerprint density at radius 2 is 1.70 bits per heavy atom. The van der Waals surface area contributed by atoms with E-state index in [0.29, 0.717) is 17.9 Å². The van der Waals surface area contributed by atoms with Gasteiger partial charge in [-0.3, -0.25) is 19.6 Å². The first kappa shape index (κ1) is 21.7. The van der Waals surface area contributed by atoms with Crippen LogP contribution in [0.4, 0.5) is 22.1 Å². The van der Waals surface area contributed by atoms with Crippen molar-refractivity contribution in [2.45, 2.75) is 19.9 Å². The Balaban J connectivity index is 1.34. The molecule has 0 spiro atoms. The van der Waals surface area contributed by atoms with Gasteiger partial charge in [0.2, 0.25) is 17.7 Å². The van der Waals surface area contributed by atoms with Gasteiger partial charge in [-0.25, -0.2) is 4.79 Å². The van der Waals surface area contributed by atoms with Gasteiger partial charge < -0.3 is 10.6 Å². The van der Waals surface area contributed by atoms with E-state index in [9.17, 15) is 9.59 Å². The van der Waals surface area contributed by atoms with Gasteiger partial charge in [-0.05, 0) is 53.1 Å². The van der Waals surface area contributed by atoms with Crippen LogP contribution in [0.25, 0.3) is 0 Å². The summed E-state index contributed by atoms with van der Waals surface area (Å²) in [4.78, 5) is 29.0. The van der Waals surface area contributed by atoms with Crippen LogP contribution in [0.5, 0.6) is 0 Å². The number of amides is 3. The largest absolute Gasteiger partial charge is 0.326 e. The van der Waals surface area contributed by atoms with Gasteiger partial charge in [0.25, 0.3) is 6.20 Å². The summed E-state index contributed by atoms with van der Waals surface area (Å²) >= 11 is 0. The van der Waals surface area contributed by atoms with E-state index in [0.717, 1.165) is 16.8 Å². The molecule has 0 aliphatic rings. The summed E-state index contributed by atoms with van der Waals surface area (Å²) in [6.45, 7) is 2.30. The highest BCUT2D eigenvalue weighted by molar-refractivity contribution is 5.99. The molecule has 166 valence electrons. The molecular formula is C24H23N6O3+. The van der Waals surface area contributed by atoms with Crippen LogP contribution in [0, 0.1) is 6.92 Å². The van der Waals surface area contributed by atoms with Gasteiger partial charge in [-0.2, -0.15) is 0 Å². The van der Waals surface area contributed by atoms with Crippen molar-refractivity contribution in [2.75, 3.05) is 16.0 Å². The predicted octanol–water partition coefficient (Wildman–Crippen LogP) is 3.54. The number of carbonyl (C=O) groups excluding carboxylic acids is 2. The average Bonchev–Trinajstić information content (AvgIpc) is 3.21. The number of nitrogens with zero attached hydrogens (tertiary/aromatic N) is 3. The molecular weight excluding hydrogens is 420 g/mol. The second-order valence-electron chi connectivity index (χ2n) is 7.46. The summed E-state index contributed by atoms with van der Waals surface area (Å²) in [7, 11) is 0. The molecule has 4 rings (SSSR count). The maximum absolute atomic E-state index is 12.4. The molecule has 33 heavy (non-hydrogen) atoms. The third-order valence-electron chi connectivity index (χ3n) is 4.62. The second-order valence-corrected chi connectivity index (χ2v) is 7.46. The minimum atomic E-state index is -0.497. The zero-order valence-electron chi connectivity index (χ0n) is 18.0. The number of hydrogen-bond donors (Lipinski definition) is 3. The second kappa shape index (κ2) is 10.2. The Hall–Kier alpha value is -4.53. The Morgan fingerprint density at radius 1 is 0.939 bits per heavy atom. The zero-order chi connectivity index (χ0) is 23.0. The molecule has 0 aliphatic carbocycles. The molecule has 4 aromatic rings. The number of urea groups is 1. The molecule has 3 N–H and O–H groups in total. The van der Waals surface area contributed by atoms with Crippen LogP contribution in [0.1, 0.15) is 16.8 Å². The number of carbonyl (C=O) groups is 2. The van der Waals surface area contributed by atoms with Crippen molar-refractivity contribution in [3.63, 3.8) is 0 Å². The number of aromatic nitrogens is 3. The Bertz CT molecular complexity index is 1240. The van der Waals surface area contributed by atoms with Crippen LogP contribution < -0.4 is 20.6 Å². The number of rotatable bonds is 7. The van der Waals surface area contributed by atoms with Gasteiger partial charge in [0.05, 0.1) is 6.42 Å². The molecule has 0 radical (unpaired) electrons. The van der Waals surface area contributed by atoms with Crippen LogP contribution >= 0.6 is 0 Å². The lowest BCUT2D eigenvalue weighted by Gasteiger charge is -2.10. The molecule has 0 unspecified atom stereocenters. The van der Waals surface area contributed by atoms with Gasteiger partial charge in [0.15, 0.2) is 0 Å². The maximum atomic E-state index is 12.4. The van der Waals surface area contributed by atoms with Gasteiger partial charge in [-0.15, -0.1) is 0 Å². The molecule has 0 saturated heterocycles. The summed E-state index contributed by atoms with van der Waals surface area (Å²) < 4.78 is 6.69. The molecule has 0 aliphatic heterocycles. The van der Waals surface area contributed by atoms with Crippen LogP contribution in [0.3, 0.4) is 0 Å². The number of hydrogen-bond acceptors (Lipinski definition) is 5. The van der Waals surface area contributed by atoms with E-state index in [2.05, 4.69) is 26.2 Å². The molecule has 2 heterocycles. The third-order valence-corrected chi connectivity index (χ3v) is 4.62. The Kier molecular flexibility index (Phi) is 6.70. The Labute approximate surface area is 190 Å². The predicted molar refractivity (Wildman–Crippen MR) is 123 cm³/mol. The van der Waals surface area contributed by atoms with Crippen molar-refractivity contribution in [3.8, 4) is 0 Å². The minimum Gasteiger partial charge on any atom is -0.326 e. The van der Waals surface area contributed by atoms with Crippen molar-refractivity contribution in [1.29, 1.82) is 0 Å². The first-order valence-corrected chi connectivity index (χ1v) is 10.3. The number of nitrogens with one attached hydrogen (secondary N) is 3. The maximum Gasteiger partial charge on any atom is 0.326 e. The molecule has 3 amide bonds. The summed E-state index contributed by atoms with van der Waals surface area (Å²) in [6, 6.07) is 19.9. The van der Waals surface area contributed by atoms with Crippen LogP contribution in [0.15, 0.2) is 83.6 Å². The molecule has 2 aromatic heterocycles. The molecule has 0 saturated carbocycles. The zero-order valence-corrected chi connectivity index (χ0v) is 18.0. The normalized spacial score (nSPS) is 10.5. The number of aryl methyl sites for hydroxylation is 1. The first-order valence-electron chi connectivity index (χ1n) is 10.3. The van der Waals surface area contributed by atoms with Gasteiger partial charge in [0.1, 0.15) is 5.69 Å². The topological polar surface area (TPSA) is 113 Å². The van der Waals surface area contributed by atoms with Gasteiger partial charge in [0, 0.05) is 17.6 Å². The van der Waals surface area contributed by atoms with Crippen LogP contribution in [-0.2, 0) is 17.8 Å². The standard InChI is InChI=1S/C24H22N6O3/c1-17-11-20(26-22(31)13-18-7-3-2-4-8-18)14-21(12-17)27-24(32)28-23-16-30(29-33-23)15-19-9-5-6-10-25-19/h2-12,14,16H,13,15H2,1H3,(H2-,26,27,28,29,31,32)/p+1. The Morgan fingerprint density at radius 3 is 2.45 bits per heavy atom. The summed E-state index contributed by atoms with van der Waals surface area (Å²) in [6.07, 6.45) is 3.53. The fourth-order valence-electron chi connectivity index (χ4n) is 3.25. The lowest BCUT2D eigenvalue weighted by molar-refractivity contribution is -0.755. The average molecular weight is 443 g/mol. The van der Waals surface area contributed by atoms with E-state index in [1.54, 1.807) is 24.5 Å². The third kappa shape index (κ3) is 6.47. The highest BCUT2D eigenvalue weighted by Crippen LogP contribution is 2.19. The smallest absolute Gasteiger partial charge is 0.326 e. The molecule has 9 nitrogen and oxygen atoms in total. The molecule has 0 atom stereocenters. The fourth-order valence-corrected chi connectivity index (χ4v) is 3.25. The SMILES string of the molecule is Cc1cc(NC(=O)Cc2ccccc2)cc(NC(=O)Nc2c[n+](Cc3ccccn3)no2)c1. The summed E-state index contributed by atoms with van der Waals surface area (Å²) in [5.41, 5.74) is 3.75. The van der Waals surface area contributed by atoms with Gasteiger partial charge in [-0.1, -0.05) is 36.4 Å². The lowest BCUT2D eigenvalue weighted by Crippen LogP contribution is -2.35. The number of pyridine rings is 1. The van der Waals surface area contributed by atoms with Crippen LogP contribution in [-0.4, -0.2) is 22.2 Å². The van der Waals surface area contributed by atoms with E-state index in [1.165, 1.54) is 4.68 Å². The van der Waals surface area contributed by atoms with Crippen molar-refractivity contribution in [3.05, 3.63) is 95.9 Å². The highest BCUT2D eigenvalue weighted by Gasteiger charge is 2.15. The molecule has 0 fully saturated rings. The van der Waals surface area contributed by atoms with E-state index in [1.807, 2.05) is 61.5 Å². The van der Waals surface area contributed by atoms with Crippen molar-refractivity contribution in [2.24, 2.45) is 0 Å². The monoisotopic (exact) mass is 443 g/mol. The summed E-state index contributed by atoms with van der Waals surface area (Å²) in [5.74, 6) is 0.0498. The lowest BCUT2D eigenvalue weighted by atomic mass is 10.1. The van der Waals surface area contributed by atoms with E-state index < -0.39 is 6.03 Å². The van der Waals surface area contributed by atoms with E-state index in [4.69, 9.17) is 4.52 Å². The van der Waals surface area contributed by atoms with Crippen molar-refractivity contribution >= 4 is 29.2 Å². The van der Waals surface area contributed by atoms with Crippen LogP contribution in [0.2, 0.25) is 0 Å². The highest BCUT2D eigenvalue weighted by atomic mass is 16.5. The molecule has 2 aromatic carbocycles. The minimum absolute atomic E-state index is 0.138. The van der Waals surface area contributed by atoms with E-state index in [-0.39, 0.29) is 18.2 Å². The number of anilines is 3. The number of benzene rings is 2. The van der Waals surface area contributed by atoms with Crippen molar-refractivity contribution in [1.82, 2.24) is 10.3 Å². The fraction of sp³-hybridized carbons (Fsp3) is 0.125.